The maximum absolute atomic E-state index is 12.8. The molecule has 5 nitrogen and oxygen atoms in total. The molecule has 1 N–H and O–H groups in total. The second-order valence-electron chi connectivity index (χ2n) is 5.50. The van der Waals surface area contributed by atoms with E-state index >= 15 is 0 Å². The van der Waals surface area contributed by atoms with Crippen molar-refractivity contribution in [3.63, 3.8) is 0 Å². The number of anilines is 2. The molecule has 128 valence electrons. The minimum Gasteiger partial charge on any atom is -0.347 e. The zero-order valence-electron chi connectivity index (χ0n) is 13.7. The topological polar surface area (TPSA) is 58.1 Å². The molecule has 0 aliphatic rings. The fourth-order valence-electron chi connectivity index (χ4n) is 2.10. The predicted molar refractivity (Wildman–Crippen MR) is 85.2 cm³/mol. The molecule has 0 radical (unpaired) electrons. The van der Waals surface area contributed by atoms with Crippen LogP contribution in [0.25, 0.3) is 0 Å². The summed E-state index contributed by atoms with van der Waals surface area (Å²) in [5, 5.41) is 2.59. The van der Waals surface area contributed by atoms with E-state index < -0.39 is 17.6 Å². The van der Waals surface area contributed by atoms with Crippen LogP contribution in [-0.4, -0.2) is 30.0 Å². The van der Waals surface area contributed by atoms with Crippen LogP contribution < -0.4 is 10.2 Å². The molecule has 24 heavy (non-hydrogen) atoms. The number of aromatic nitrogens is 2. The summed E-state index contributed by atoms with van der Waals surface area (Å²) in [5.74, 6) is -0.157. The zero-order valence-corrected chi connectivity index (χ0v) is 13.7. The molecule has 0 spiro atoms. The van der Waals surface area contributed by atoms with Gasteiger partial charge in [-0.25, -0.2) is 9.97 Å². The van der Waals surface area contributed by atoms with E-state index in [-0.39, 0.29) is 5.56 Å². The van der Waals surface area contributed by atoms with E-state index in [9.17, 15) is 18.0 Å². The van der Waals surface area contributed by atoms with Crippen molar-refractivity contribution in [3.05, 3.63) is 46.8 Å². The molecule has 0 saturated heterocycles. The van der Waals surface area contributed by atoms with Gasteiger partial charge in [0.05, 0.1) is 22.6 Å². The van der Waals surface area contributed by atoms with Crippen molar-refractivity contribution >= 4 is 17.5 Å². The number of amides is 1. The SMILES string of the molecule is Cc1nc(N(C)C)nc(C)c1NC(=O)c1cccc(C(F)(F)F)c1. The van der Waals surface area contributed by atoms with Crippen LogP contribution >= 0.6 is 0 Å². The molecule has 1 amide bonds. The number of rotatable bonds is 3. The number of hydrogen-bond donors (Lipinski definition) is 1. The molecule has 0 aliphatic heterocycles. The van der Waals surface area contributed by atoms with Gasteiger partial charge in [0, 0.05) is 19.7 Å². The number of carbonyl (C=O) groups is 1. The largest absolute Gasteiger partial charge is 0.416 e. The molecule has 1 aromatic carbocycles. The lowest BCUT2D eigenvalue weighted by atomic mass is 10.1. The minimum atomic E-state index is -4.50. The van der Waals surface area contributed by atoms with E-state index in [0.29, 0.717) is 23.0 Å². The molecule has 0 bridgehead atoms. The molecule has 2 rings (SSSR count). The monoisotopic (exact) mass is 338 g/mol. The van der Waals surface area contributed by atoms with Crippen LogP contribution in [0.2, 0.25) is 0 Å². The Labute approximate surface area is 137 Å². The van der Waals surface area contributed by atoms with Crippen LogP contribution in [0, 0.1) is 13.8 Å². The lowest BCUT2D eigenvalue weighted by molar-refractivity contribution is -0.137. The van der Waals surface area contributed by atoms with Crippen LogP contribution in [0.4, 0.5) is 24.8 Å². The first-order valence-electron chi connectivity index (χ1n) is 7.10. The van der Waals surface area contributed by atoms with Crippen molar-refractivity contribution in [3.8, 4) is 0 Å². The normalized spacial score (nSPS) is 11.3. The van der Waals surface area contributed by atoms with Gasteiger partial charge in [0.25, 0.3) is 5.91 Å². The Morgan fingerprint density at radius 2 is 1.71 bits per heavy atom. The van der Waals surface area contributed by atoms with Crippen LogP contribution in [0.5, 0.6) is 0 Å². The van der Waals surface area contributed by atoms with Crippen molar-refractivity contribution in [1.29, 1.82) is 0 Å². The third kappa shape index (κ3) is 3.81. The first-order valence-corrected chi connectivity index (χ1v) is 7.10. The summed E-state index contributed by atoms with van der Waals surface area (Å²) in [5.41, 5.74) is 0.504. The zero-order chi connectivity index (χ0) is 18.1. The number of halogens is 3. The van der Waals surface area contributed by atoms with E-state index in [1.807, 2.05) is 0 Å². The Morgan fingerprint density at radius 1 is 1.12 bits per heavy atom. The average Bonchev–Trinajstić information content (AvgIpc) is 2.49. The summed E-state index contributed by atoms with van der Waals surface area (Å²) >= 11 is 0. The summed E-state index contributed by atoms with van der Waals surface area (Å²) in [6.07, 6.45) is -4.50. The molecule has 8 heteroatoms. The predicted octanol–water partition coefficient (Wildman–Crippen LogP) is 3.43. The molecule has 0 atom stereocenters. The fourth-order valence-corrected chi connectivity index (χ4v) is 2.10. The number of nitrogens with zero attached hydrogens (tertiary/aromatic N) is 3. The highest BCUT2D eigenvalue weighted by molar-refractivity contribution is 6.05. The molecule has 0 unspecified atom stereocenters. The van der Waals surface area contributed by atoms with Gasteiger partial charge < -0.3 is 10.2 Å². The van der Waals surface area contributed by atoms with Gasteiger partial charge in [-0.1, -0.05) is 6.07 Å². The number of hydrogen-bond acceptors (Lipinski definition) is 4. The lowest BCUT2D eigenvalue weighted by Gasteiger charge is -2.16. The third-order valence-corrected chi connectivity index (χ3v) is 3.35. The van der Waals surface area contributed by atoms with Gasteiger partial charge >= 0.3 is 6.18 Å². The molecule has 2 aromatic rings. The maximum atomic E-state index is 12.8. The molecular formula is C16H17F3N4O. The highest BCUT2D eigenvalue weighted by Crippen LogP contribution is 2.30. The van der Waals surface area contributed by atoms with E-state index in [0.717, 1.165) is 12.1 Å². The van der Waals surface area contributed by atoms with E-state index in [1.165, 1.54) is 12.1 Å². The Kier molecular flexibility index (Phi) is 4.77. The Hall–Kier alpha value is -2.64. The summed E-state index contributed by atoms with van der Waals surface area (Å²) in [4.78, 5) is 22.5. The van der Waals surface area contributed by atoms with Crippen molar-refractivity contribution in [1.82, 2.24) is 9.97 Å². The van der Waals surface area contributed by atoms with Crippen LogP contribution in [0.3, 0.4) is 0 Å². The van der Waals surface area contributed by atoms with E-state index in [4.69, 9.17) is 0 Å². The maximum Gasteiger partial charge on any atom is 0.416 e. The Balaban J connectivity index is 2.31. The Bertz CT molecular complexity index is 749. The first kappa shape index (κ1) is 17.7. The fraction of sp³-hybridized carbons (Fsp3) is 0.312. The van der Waals surface area contributed by atoms with Gasteiger partial charge in [0.15, 0.2) is 0 Å². The van der Waals surface area contributed by atoms with Gasteiger partial charge in [-0.15, -0.1) is 0 Å². The van der Waals surface area contributed by atoms with Crippen LogP contribution in [0.15, 0.2) is 24.3 Å². The molecule has 0 aliphatic carbocycles. The molecule has 1 aromatic heterocycles. The minimum absolute atomic E-state index is 0.0830. The van der Waals surface area contributed by atoms with Gasteiger partial charge in [-0.2, -0.15) is 13.2 Å². The second-order valence-corrected chi connectivity index (χ2v) is 5.50. The standard InChI is InChI=1S/C16H17F3N4O/c1-9-13(10(2)21-15(20-9)23(3)4)22-14(24)11-6-5-7-12(8-11)16(17,18)19/h5-8H,1-4H3,(H,22,24). The van der Waals surface area contributed by atoms with E-state index in [1.54, 1.807) is 32.8 Å². The molecule has 0 fully saturated rings. The first-order chi connectivity index (χ1) is 11.1. The van der Waals surface area contributed by atoms with Crippen molar-refractivity contribution < 1.29 is 18.0 Å². The summed E-state index contributed by atoms with van der Waals surface area (Å²) in [7, 11) is 3.57. The smallest absolute Gasteiger partial charge is 0.347 e. The third-order valence-electron chi connectivity index (χ3n) is 3.35. The van der Waals surface area contributed by atoms with Crippen molar-refractivity contribution in [2.75, 3.05) is 24.3 Å². The van der Waals surface area contributed by atoms with Crippen molar-refractivity contribution in [2.45, 2.75) is 20.0 Å². The number of alkyl halides is 3. The number of carbonyl (C=O) groups excluding carboxylic acids is 1. The molecule has 1 heterocycles. The van der Waals surface area contributed by atoms with Gasteiger partial charge in [-0.3, -0.25) is 4.79 Å². The van der Waals surface area contributed by atoms with E-state index in [2.05, 4.69) is 15.3 Å². The summed E-state index contributed by atoms with van der Waals surface area (Å²) in [6.45, 7) is 3.40. The molecular weight excluding hydrogens is 321 g/mol. The Morgan fingerprint density at radius 3 is 2.21 bits per heavy atom. The van der Waals surface area contributed by atoms with Crippen molar-refractivity contribution in [2.24, 2.45) is 0 Å². The number of benzene rings is 1. The number of aryl methyl sites for hydroxylation is 2. The second kappa shape index (κ2) is 6.46. The quantitative estimate of drug-likeness (QED) is 0.931. The summed E-state index contributed by atoms with van der Waals surface area (Å²) < 4.78 is 38.3. The van der Waals surface area contributed by atoms with Gasteiger partial charge in [-0.05, 0) is 32.0 Å². The number of nitrogens with one attached hydrogen (secondary N) is 1. The highest BCUT2D eigenvalue weighted by Gasteiger charge is 2.31. The van der Waals surface area contributed by atoms with Gasteiger partial charge in [0.1, 0.15) is 0 Å². The molecule has 0 saturated carbocycles. The summed E-state index contributed by atoms with van der Waals surface area (Å²) in [6, 6.07) is 4.25. The average molecular weight is 338 g/mol. The van der Waals surface area contributed by atoms with Gasteiger partial charge in [0.2, 0.25) is 5.95 Å². The lowest BCUT2D eigenvalue weighted by Crippen LogP contribution is -2.19. The highest BCUT2D eigenvalue weighted by atomic mass is 19.4. The van der Waals surface area contributed by atoms with Crippen LogP contribution in [-0.2, 0) is 6.18 Å². The van der Waals surface area contributed by atoms with Crippen LogP contribution in [0.1, 0.15) is 27.3 Å².